The number of likely N-dealkylation sites (tertiary alicyclic amines) is 1. The lowest BCUT2D eigenvalue weighted by molar-refractivity contribution is -0.151. The molecule has 3 rings (SSSR count). The van der Waals surface area contributed by atoms with E-state index in [9.17, 15) is 14.7 Å². The lowest BCUT2D eigenvalue weighted by Crippen LogP contribution is -2.47. The van der Waals surface area contributed by atoms with Crippen LogP contribution in [0.5, 0.6) is 0 Å². The Morgan fingerprint density at radius 2 is 1.71 bits per heavy atom. The van der Waals surface area contributed by atoms with Crippen molar-refractivity contribution in [2.45, 2.75) is 19.3 Å². The number of hydrogen-bond acceptors (Lipinski definition) is 3. The van der Waals surface area contributed by atoms with Crippen LogP contribution in [-0.4, -0.2) is 40.0 Å². The number of piperidine rings is 1. The number of aromatic nitrogens is 1. The Kier molecular flexibility index (Phi) is 4.60. The first-order chi connectivity index (χ1) is 11.6. The van der Waals surface area contributed by atoms with E-state index in [4.69, 9.17) is 0 Å². The van der Waals surface area contributed by atoms with Crippen LogP contribution in [0.4, 0.5) is 0 Å². The van der Waals surface area contributed by atoms with Gasteiger partial charge in [0.1, 0.15) is 5.69 Å². The fourth-order valence-electron chi connectivity index (χ4n) is 3.24. The summed E-state index contributed by atoms with van der Waals surface area (Å²) >= 11 is 0. The van der Waals surface area contributed by atoms with Crippen molar-refractivity contribution in [2.24, 2.45) is 5.41 Å². The quantitative estimate of drug-likeness (QED) is 0.938. The Hall–Kier alpha value is -2.69. The van der Waals surface area contributed by atoms with Crippen molar-refractivity contribution in [3.05, 3.63) is 66.0 Å². The number of hydrogen-bond donors (Lipinski definition) is 1. The van der Waals surface area contributed by atoms with Gasteiger partial charge in [0.05, 0.1) is 5.41 Å². The molecule has 0 atom stereocenters. The van der Waals surface area contributed by atoms with Gasteiger partial charge in [-0.15, -0.1) is 0 Å². The van der Waals surface area contributed by atoms with E-state index in [1.54, 1.807) is 29.3 Å². The summed E-state index contributed by atoms with van der Waals surface area (Å²) < 4.78 is 0. The fourth-order valence-corrected chi connectivity index (χ4v) is 3.24. The molecule has 1 saturated heterocycles. The number of benzene rings is 1. The third-order valence-electron chi connectivity index (χ3n) is 4.73. The lowest BCUT2D eigenvalue weighted by atomic mass is 9.74. The van der Waals surface area contributed by atoms with Gasteiger partial charge in [0.25, 0.3) is 5.91 Å². The Morgan fingerprint density at radius 3 is 2.29 bits per heavy atom. The molecule has 24 heavy (non-hydrogen) atoms. The Labute approximate surface area is 140 Å². The zero-order valence-electron chi connectivity index (χ0n) is 13.4. The molecule has 0 saturated carbocycles. The predicted molar refractivity (Wildman–Crippen MR) is 89.6 cm³/mol. The number of nitrogens with zero attached hydrogens (tertiary/aromatic N) is 2. The van der Waals surface area contributed by atoms with Gasteiger partial charge in [-0.3, -0.25) is 14.6 Å². The minimum absolute atomic E-state index is 0.130. The standard InChI is InChI=1S/C19H20N2O3/c22-17(16-8-4-5-11-20-16)21-12-9-19(10-13-21,18(23)24)14-15-6-2-1-3-7-15/h1-8,11H,9-10,12-14H2,(H,23,24). The molecule has 0 unspecified atom stereocenters. The van der Waals surface area contributed by atoms with E-state index in [-0.39, 0.29) is 5.91 Å². The van der Waals surface area contributed by atoms with Crippen LogP contribution in [0.1, 0.15) is 28.9 Å². The summed E-state index contributed by atoms with van der Waals surface area (Å²) in [5, 5.41) is 9.78. The molecule has 5 heteroatoms. The maximum absolute atomic E-state index is 12.5. The highest BCUT2D eigenvalue weighted by Crippen LogP contribution is 2.36. The van der Waals surface area contributed by atoms with Crippen LogP contribution in [0, 0.1) is 5.41 Å². The van der Waals surface area contributed by atoms with Crippen LogP contribution in [0.2, 0.25) is 0 Å². The number of carbonyl (C=O) groups is 2. The van der Waals surface area contributed by atoms with Gasteiger partial charge in [-0.05, 0) is 37.0 Å². The average Bonchev–Trinajstić information content (AvgIpc) is 2.63. The van der Waals surface area contributed by atoms with Gasteiger partial charge in [0, 0.05) is 19.3 Å². The highest BCUT2D eigenvalue weighted by atomic mass is 16.4. The lowest BCUT2D eigenvalue weighted by Gasteiger charge is -2.39. The molecule has 124 valence electrons. The smallest absolute Gasteiger partial charge is 0.310 e. The minimum Gasteiger partial charge on any atom is -0.481 e. The highest BCUT2D eigenvalue weighted by Gasteiger charge is 2.42. The van der Waals surface area contributed by atoms with E-state index < -0.39 is 11.4 Å². The largest absolute Gasteiger partial charge is 0.481 e. The van der Waals surface area contributed by atoms with Gasteiger partial charge < -0.3 is 10.0 Å². The number of pyridine rings is 1. The van der Waals surface area contributed by atoms with E-state index in [2.05, 4.69) is 4.98 Å². The van der Waals surface area contributed by atoms with Gasteiger partial charge in [0.15, 0.2) is 0 Å². The summed E-state index contributed by atoms with van der Waals surface area (Å²) in [6, 6.07) is 14.9. The van der Waals surface area contributed by atoms with E-state index in [0.29, 0.717) is 38.0 Å². The second kappa shape index (κ2) is 6.83. The molecule has 0 bridgehead atoms. The summed E-state index contributed by atoms with van der Waals surface area (Å²) in [4.78, 5) is 30.2. The van der Waals surface area contributed by atoms with Gasteiger partial charge in [-0.1, -0.05) is 36.4 Å². The molecule has 0 spiro atoms. The molecule has 1 fully saturated rings. The first-order valence-electron chi connectivity index (χ1n) is 8.08. The number of rotatable bonds is 4. The van der Waals surface area contributed by atoms with Crippen molar-refractivity contribution in [3.8, 4) is 0 Å². The van der Waals surface area contributed by atoms with Crippen molar-refractivity contribution in [2.75, 3.05) is 13.1 Å². The van der Waals surface area contributed by atoms with Crippen molar-refractivity contribution in [1.29, 1.82) is 0 Å². The topological polar surface area (TPSA) is 70.5 Å². The average molecular weight is 324 g/mol. The molecule has 2 aromatic rings. The first kappa shape index (κ1) is 16.2. The molecule has 1 aromatic carbocycles. The van der Waals surface area contributed by atoms with E-state index in [0.717, 1.165) is 5.56 Å². The van der Waals surface area contributed by atoms with Crippen molar-refractivity contribution in [3.63, 3.8) is 0 Å². The summed E-state index contributed by atoms with van der Waals surface area (Å²) in [6.45, 7) is 0.878. The van der Waals surface area contributed by atoms with Gasteiger partial charge >= 0.3 is 5.97 Å². The SMILES string of the molecule is O=C(c1ccccn1)N1CCC(Cc2ccccc2)(C(=O)O)CC1. The van der Waals surface area contributed by atoms with Gasteiger partial charge in [0.2, 0.25) is 0 Å². The predicted octanol–water partition coefficient (Wildman–Crippen LogP) is 2.63. The Balaban J connectivity index is 1.71. The number of carboxylic acid groups (broad SMARTS) is 1. The summed E-state index contributed by atoms with van der Waals surface area (Å²) in [5.41, 5.74) is 0.621. The molecule has 1 N–H and O–H groups in total. The molecule has 0 radical (unpaired) electrons. The Morgan fingerprint density at radius 1 is 1.04 bits per heavy atom. The molecule has 2 heterocycles. The normalized spacial score (nSPS) is 16.6. The number of amides is 1. The number of aliphatic carboxylic acids is 1. The fraction of sp³-hybridized carbons (Fsp3) is 0.316. The maximum Gasteiger partial charge on any atom is 0.310 e. The minimum atomic E-state index is -0.803. The van der Waals surface area contributed by atoms with Crippen LogP contribution in [0.15, 0.2) is 54.7 Å². The Bertz CT molecular complexity index is 708. The molecule has 0 aliphatic carbocycles. The van der Waals surface area contributed by atoms with Crippen LogP contribution >= 0.6 is 0 Å². The molecule has 1 amide bonds. The van der Waals surface area contributed by atoms with Gasteiger partial charge in [-0.25, -0.2) is 0 Å². The maximum atomic E-state index is 12.5. The highest BCUT2D eigenvalue weighted by molar-refractivity contribution is 5.92. The molecule has 1 aliphatic rings. The van der Waals surface area contributed by atoms with Gasteiger partial charge in [-0.2, -0.15) is 0 Å². The van der Waals surface area contributed by atoms with Crippen LogP contribution in [0.25, 0.3) is 0 Å². The third kappa shape index (κ3) is 3.30. The molecule has 1 aromatic heterocycles. The zero-order valence-corrected chi connectivity index (χ0v) is 13.4. The van der Waals surface area contributed by atoms with Crippen molar-refractivity contribution in [1.82, 2.24) is 9.88 Å². The van der Waals surface area contributed by atoms with E-state index >= 15 is 0 Å². The molecular formula is C19H20N2O3. The third-order valence-corrected chi connectivity index (χ3v) is 4.73. The van der Waals surface area contributed by atoms with E-state index in [1.807, 2.05) is 30.3 Å². The molecule has 5 nitrogen and oxygen atoms in total. The van der Waals surface area contributed by atoms with Crippen LogP contribution < -0.4 is 0 Å². The zero-order chi connectivity index (χ0) is 17.0. The summed E-state index contributed by atoms with van der Waals surface area (Å²) in [5.74, 6) is -0.911. The van der Waals surface area contributed by atoms with E-state index in [1.165, 1.54) is 0 Å². The van der Waals surface area contributed by atoms with Crippen LogP contribution in [-0.2, 0) is 11.2 Å². The number of carboxylic acids is 1. The van der Waals surface area contributed by atoms with Crippen molar-refractivity contribution >= 4 is 11.9 Å². The molecular weight excluding hydrogens is 304 g/mol. The van der Waals surface area contributed by atoms with Crippen LogP contribution in [0.3, 0.4) is 0 Å². The molecule has 1 aliphatic heterocycles. The summed E-state index contributed by atoms with van der Waals surface area (Å²) in [7, 11) is 0. The second-order valence-corrected chi connectivity index (χ2v) is 6.26. The van der Waals surface area contributed by atoms with Crippen molar-refractivity contribution < 1.29 is 14.7 Å². The summed E-state index contributed by atoms with van der Waals surface area (Å²) in [6.07, 6.45) is 2.99. The monoisotopic (exact) mass is 324 g/mol. The first-order valence-corrected chi connectivity index (χ1v) is 8.08. The second-order valence-electron chi connectivity index (χ2n) is 6.26. The number of carbonyl (C=O) groups excluding carboxylic acids is 1.